The highest BCUT2D eigenvalue weighted by Gasteiger charge is 2.29. The minimum atomic E-state index is -0.302. The quantitative estimate of drug-likeness (QED) is 0.759. The summed E-state index contributed by atoms with van der Waals surface area (Å²) in [5.74, 6) is -0.434. The molecule has 2 aromatic heterocycles. The minimum absolute atomic E-state index is 0.127. The lowest BCUT2D eigenvalue weighted by molar-refractivity contribution is 0.0926. The van der Waals surface area contributed by atoms with E-state index in [2.05, 4.69) is 20.0 Å². The number of para-hydroxylation sites is 1. The summed E-state index contributed by atoms with van der Waals surface area (Å²) in [4.78, 5) is 17.3. The Hall–Kier alpha value is -2.96. The number of hydrogen-bond donors (Lipinski definition) is 1. The number of nitrogens with one attached hydrogen (secondary N) is 1. The minimum Gasteiger partial charge on any atom is -0.344 e. The van der Waals surface area contributed by atoms with Gasteiger partial charge in [-0.1, -0.05) is 12.1 Å². The summed E-state index contributed by atoms with van der Waals surface area (Å²) in [6.45, 7) is 0.929. The van der Waals surface area contributed by atoms with Crippen LogP contribution in [0.4, 0.5) is 4.39 Å². The molecule has 7 heteroatoms. The number of amides is 1. The van der Waals surface area contributed by atoms with E-state index in [0.29, 0.717) is 11.4 Å². The number of carbonyl (C=O) groups is 1. The van der Waals surface area contributed by atoms with E-state index < -0.39 is 0 Å². The predicted molar refractivity (Wildman–Crippen MR) is 102 cm³/mol. The van der Waals surface area contributed by atoms with E-state index in [1.165, 1.54) is 6.07 Å². The van der Waals surface area contributed by atoms with Crippen molar-refractivity contribution in [3.05, 3.63) is 65.3 Å². The molecule has 1 aromatic carbocycles. The Morgan fingerprint density at radius 2 is 2.00 bits per heavy atom. The predicted octanol–water partition coefficient (Wildman–Crippen LogP) is 3.35. The second kappa shape index (κ2) is 6.89. The summed E-state index contributed by atoms with van der Waals surface area (Å²) >= 11 is 0. The molecule has 3 heterocycles. The Morgan fingerprint density at radius 1 is 1.14 bits per heavy atom. The molecule has 5 rings (SSSR count). The molecule has 1 amide bonds. The largest absolute Gasteiger partial charge is 0.344 e. The first-order valence-corrected chi connectivity index (χ1v) is 9.89. The van der Waals surface area contributed by atoms with Crippen molar-refractivity contribution in [1.29, 1.82) is 0 Å². The molecule has 28 heavy (non-hydrogen) atoms. The summed E-state index contributed by atoms with van der Waals surface area (Å²) in [6.07, 6.45) is 9.22. The molecule has 1 unspecified atom stereocenters. The van der Waals surface area contributed by atoms with Gasteiger partial charge < -0.3 is 9.88 Å². The smallest absolute Gasteiger partial charge is 0.272 e. The number of rotatable bonds is 3. The zero-order valence-corrected chi connectivity index (χ0v) is 15.6. The van der Waals surface area contributed by atoms with Gasteiger partial charge in [0.25, 0.3) is 5.91 Å². The van der Waals surface area contributed by atoms with E-state index in [1.807, 2.05) is 0 Å². The second-order valence-electron chi connectivity index (χ2n) is 7.52. The molecule has 1 aliphatic carbocycles. The van der Waals surface area contributed by atoms with Gasteiger partial charge in [-0.25, -0.2) is 14.1 Å². The monoisotopic (exact) mass is 379 g/mol. The molecule has 3 aromatic rings. The average Bonchev–Trinajstić information content (AvgIpc) is 3.33. The van der Waals surface area contributed by atoms with E-state index in [-0.39, 0.29) is 17.8 Å². The number of halogens is 1. The third kappa shape index (κ3) is 2.82. The van der Waals surface area contributed by atoms with Crippen LogP contribution in [0.1, 0.15) is 59.2 Å². The van der Waals surface area contributed by atoms with Crippen molar-refractivity contribution in [3.63, 3.8) is 0 Å². The van der Waals surface area contributed by atoms with Crippen LogP contribution in [0.25, 0.3) is 5.69 Å². The van der Waals surface area contributed by atoms with E-state index >= 15 is 0 Å². The van der Waals surface area contributed by atoms with Gasteiger partial charge in [0.2, 0.25) is 0 Å². The lowest BCUT2D eigenvalue weighted by Crippen LogP contribution is -2.32. The van der Waals surface area contributed by atoms with Crippen molar-refractivity contribution in [2.75, 3.05) is 0 Å². The van der Waals surface area contributed by atoms with Crippen LogP contribution >= 0.6 is 0 Å². The van der Waals surface area contributed by atoms with Gasteiger partial charge in [0.1, 0.15) is 17.2 Å². The number of aromatic nitrogens is 4. The molecule has 2 aliphatic rings. The van der Waals surface area contributed by atoms with Crippen molar-refractivity contribution in [2.24, 2.45) is 0 Å². The highest BCUT2D eigenvalue weighted by atomic mass is 19.1. The van der Waals surface area contributed by atoms with Crippen LogP contribution in [0.3, 0.4) is 0 Å². The van der Waals surface area contributed by atoms with Crippen molar-refractivity contribution in [3.8, 4) is 5.69 Å². The summed E-state index contributed by atoms with van der Waals surface area (Å²) in [6, 6.07) is 6.51. The third-order valence-corrected chi connectivity index (χ3v) is 5.79. The Kier molecular flexibility index (Phi) is 4.22. The first-order valence-electron chi connectivity index (χ1n) is 9.89. The topological polar surface area (TPSA) is 64.7 Å². The number of aryl methyl sites for hydroxylation is 1. The molecule has 0 saturated carbocycles. The summed E-state index contributed by atoms with van der Waals surface area (Å²) in [5, 5.41) is 7.57. The van der Waals surface area contributed by atoms with Gasteiger partial charge >= 0.3 is 0 Å². The number of benzene rings is 1. The van der Waals surface area contributed by atoms with Crippen molar-refractivity contribution in [2.45, 2.75) is 51.1 Å². The molecule has 0 saturated heterocycles. The molecule has 0 fully saturated rings. The van der Waals surface area contributed by atoms with Crippen LogP contribution in [-0.2, 0) is 19.4 Å². The number of carbonyl (C=O) groups excluding carboxylic acids is 1. The van der Waals surface area contributed by atoms with Gasteiger partial charge in [-0.3, -0.25) is 4.79 Å². The van der Waals surface area contributed by atoms with Crippen LogP contribution < -0.4 is 5.32 Å². The summed E-state index contributed by atoms with van der Waals surface area (Å²) < 4.78 is 18.0. The molecule has 144 valence electrons. The molecular weight excluding hydrogens is 357 g/mol. The molecule has 6 nitrogen and oxygen atoms in total. The molecule has 1 aliphatic heterocycles. The van der Waals surface area contributed by atoms with E-state index in [0.717, 1.165) is 62.0 Å². The Morgan fingerprint density at radius 3 is 2.89 bits per heavy atom. The number of fused-ring (bicyclic) bond motifs is 2. The first kappa shape index (κ1) is 17.2. The SMILES string of the molecule is O=C(NC1CCCc2c1cnn2-c1ccccc1F)c1ncn2c1CCCC2. The molecule has 0 radical (unpaired) electrons. The van der Waals surface area contributed by atoms with E-state index in [4.69, 9.17) is 0 Å². The zero-order chi connectivity index (χ0) is 19.1. The number of imidazole rings is 1. The van der Waals surface area contributed by atoms with Crippen LogP contribution in [0, 0.1) is 5.82 Å². The second-order valence-corrected chi connectivity index (χ2v) is 7.52. The van der Waals surface area contributed by atoms with E-state index in [1.54, 1.807) is 35.4 Å². The maximum absolute atomic E-state index is 14.2. The van der Waals surface area contributed by atoms with Crippen LogP contribution in [0.2, 0.25) is 0 Å². The van der Waals surface area contributed by atoms with Gasteiger partial charge in [0.05, 0.1) is 24.3 Å². The maximum Gasteiger partial charge on any atom is 0.272 e. The fourth-order valence-corrected chi connectivity index (χ4v) is 4.39. The first-order chi connectivity index (χ1) is 13.7. The fourth-order valence-electron chi connectivity index (χ4n) is 4.39. The van der Waals surface area contributed by atoms with Crippen LogP contribution in [0.5, 0.6) is 0 Å². The van der Waals surface area contributed by atoms with Gasteiger partial charge in [0.15, 0.2) is 0 Å². The fraction of sp³-hybridized carbons (Fsp3) is 0.381. The molecule has 1 atom stereocenters. The van der Waals surface area contributed by atoms with Gasteiger partial charge in [-0.05, 0) is 50.7 Å². The standard InChI is InChI=1S/C21H22FN5O/c22-15-6-1-2-8-18(15)27-17-10-5-7-16(14(17)12-24-27)25-21(28)20-19-9-3-4-11-26(19)13-23-20/h1-2,6,8,12-13,16H,3-5,7,9-11H2,(H,25,28). The van der Waals surface area contributed by atoms with Crippen LogP contribution in [-0.4, -0.2) is 25.2 Å². The number of hydrogen-bond acceptors (Lipinski definition) is 3. The Bertz CT molecular complexity index is 1040. The molecule has 0 spiro atoms. The maximum atomic E-state index is 14.2. The Balaban J connectivity index is 1.42. The normalized spacial score (nSPS) is 18.4. The van der Waals surface area contributed by atoms with Crippen molar-refractivity contribution < 1.29 is 9.18 Å². The number of nitrogens with zero attached hydrogens (tertiary/aromatic N) is 4. The van der Waals surface area contributed by atoms with E-state index in [9.17, 15) is 9.18 Å². The highest BCUT2D eigenvalue weighted by Crippen LogP contribution is 2.32. The van der Waals surface area contributed by atoms with Crippen molar-refractivity contribution in [1.82, 2.24) is 24.6 Å². The third-order valence-electron chi connectivity index (χ3n) is 5.79. The molecule has 0 bridgehead atoms. The zero-order valence-electron chi connectivity index (χ0n) is 15.6. The summed E-state index contributed by atoms with van der Waals surface area (Å²) in [7, 11) is 0. The van der Waals surface area contributed by atoms with Gasteiger partial charge in [-0.2, -0.15) is 5.10 Å². The lowest BCUT2D eigenvalue weighted by Gasteiger charge is -2.24. The molecule has 1 N–H and O–H groups in total. The highest BCUT2D eigenvalue weighted by molar-refractivity contribution is 5.93. The molecular formula is C21H22FN5O. The van der Waals surface area contributed by atoms with Crippen molar-refractivity contribution >= 4 is 5.91 Å². The summed E-state index contributed by atoms with van der Waals surface area (Å²) in [5.41, 5.74) is 3.94. The van der Waals surface area contributed by atoms with Gasteiger partial charge in [0, 0.05) is 17.8 Å². The van der Waals surface area contributed by atoms with Gasteiger partial charge in [-0.15, -0.1) is 0 Å². The average molecular weight is 379 g/mol. The van der Waals surface area contributed by atoms with Crippen LogP contribution in [0.15, 0.2) is 36.8 Å². The Labute approximate surface area is 162 Å². The lowest BCUT2D eigenvalue weighted by atomic mass is 9.92.